The molecule has 0 radical (unpaired) electrons. The zero-order valence-electron chi connectivity index (χ0n) is 13.3. The largest absolute Gasteiger partial charge is 0.451 e. The second-order valence-electron chi connectivity index (χ2n) is 5.31. The molecule has 2 aromatic rings. The fraction of sp³-hybridized carbons (Fsp3) is 0.158. The molecule has 0 amide bonds. The molecule has 0 saturated carbocycles. The maximum Gasteiger partial charge on any atom is 0.331 e. The molecule has 1 atom stereocenters. The lowest BCUT2D eigenvalue weighted by molar-refractivity contribution is -0.140. The number of hydrogen-bond donors (Lipinski definition) is 0. The van der Waals surface area contributed by atoms with Gasteiger partial charge in [-0.05, 0) is 37.6 Å². The van der Waals surface area contributed by atoms with E-state index in [4.69, 9.17) is 27.9 Å². The summed E-state index contributed by atoms with van der Waals surface area (Å²) in [5.74, 6) is -0.866. The van der Waals surface area contributed by atoms with Crippen LogP contribution < -0.4 is 0 Å². The molecule has 0 fully saturated rings. The number of hydrogen-bond acceptors (Lipinski definition) is 3. The van der Waals surface area contributed by atoms with Crippen molar-refractivity contribution in [3.8, 4) is 0 Å². The van der Waals surface area contributed by atoms with Crippen molar-refractivity contribution in [3.05, 3.63) is 75.3 Å². The van der Waals surface area contributed by atoms with Gasteiger partial charge in [0.25, 0.3) is 0 Å². The summed E-state index contributed by atoms with van der Waals surface area (Å²) in [7, 11) is 0. The van der Waals surface area contributed by atoms with Crippen LogP contribution in [-0.2, 0) is 9.53 Å². The molecule has 2 aromatic carbocycles. The fourth-order valence-corrected chi connectivity index (χ4v) is 2.49. The molecule has 0 aromatic heterocycles. The molecule has 0 aliphatic carbocycles. The molecule has 0 N–H and O–H groups in total. The van der Waals surface area contributed by atoms with Crippen molar-refractivity contribution in [1.82, 2.24) is 0 Å². The predicted molar refractivity (Wildman–Crippen MR) is 96.6 cm³/mol. The van der Waals surface area contributed by atoms with Crippen molar-refractivity contribution in [1.29, 1.82) is 0 Å². The van der Waals surface area contributed by atoms with Crippen LogP contribution in [0.15, 0.2) is 48.5 Å². The van der Waals surface area contributed by atoms with Gasteiger partial charge in [0.05, 0.1) is 0 Å². The van der Waals surface area contributed by atoms with Gasteiger partial charge in [0.15, 0.2) is 6.10 Å². The maximum atomic E-state index is 12.2. The lowest BCUT2D eigenvalue weighted by Gasteiger charge is -2.11. The van der Waals surface area contributed by atoms with Gasteiger partial charge in [-0.15, -0.1) is 0 Å². The van der Waals surface area contributed by atoms with Crippen LogP contribution in [0.1, 0.15) is 28.4 Å². The Balaban J connectivity index is 1.99. The van der Waals surface area contributed by atoms with Gasteiger partial charge in [0.2, 0.25) is 5.78 Å². The quantitative estimate of drug-likeness (QED) is 0.420. The number of benzene rings is 2. The van der Waals surface area contributed by atoms with Crippen LogP contribution in [0.5, 0.6) is 0 Å². The van der Waals surface area contributed by atoms with Gasteiger partial charge in [-0.1, -0.05) is 59.1 Å². The van der Waals surface area contributed by atoms with Gasteiger partial charge in [-0.25, -0.2) is 4.79 Å². The Labute approximate surface area is 150 Å². The highest BCUT2D eigenvalue weighted by molar-refractivity contribution is 6.35. The molecule has 0 aliphatic rings. The number of halogens is 2. The third-order valence-electron chi connectivity index (χ3n) is 3.36. The standard InChI is InChI=1S/C19H16Cl2O3/c1-12-3-5-15(6-4-12)19(23)13(2)24-18(22)10-8-14-7-9-16(20)11-17(14)21/h3-11,13H,1-2H3/b10-8+/t13-/m1/s1. The molecule has 2 rings (SSSR count). The van der Waals surface area contributed by atoms with Gasteiger partial charge in [0.1, 0.15) is 0 Å². The van der Waals surface area contributed by atoms with Crippen LogP contribution in [-0.4, -0.2) is 17.9 Å². The van der Waals surface area contributed by atoms with E-state index in [-0.39, 0.29) is 5.78 Å². The number of aryl methyl sites for hydroxylation is 1. The molecule has 5 heteroatoms. The summed E-state index contributed by atoms with van der Waals surface area (Å²) in [4.78, 5) is 24.1. The van der Waals surface area contributed by atoms with Gasteiger partial charge in [0, 0.05) is 21.7 Å². The van der Waals surface area contributed by atoms with Crippen LogP contribution in [0, 0.1) is 6.92 Å². The van der Waals surface area contributed by atoms with Crippen molar-refractivity contribution < 1.29 is 14.3 Å². The number of esters is 1. The Morgan fingerprint density at radius 2 is 1.75 bits per heavy atom. The van der Waals surface area contributed by atoms with Crippen molar-refractivity contribution in [2.45, 2.75) is 20.0 Å². The highest BCUT2D eigenvalue weighted by Gasteiger charge is 2.18. The monoisotopic (exact) mass is 362 g/mol. The molecule has 0 spiro atoms. The molecule has 124 valence electrons. The zero-order valence-corrected chi connectivity index (χ0v) is 14.8. The number of ether oxygens (including phenoxy) is 1. The molecule has 24 heavy (non-hydrogen) atoms. The highest BCUT2D eigenvalue weighted by atomic mass is 35.5. The lowest BCUT2D eigenvalue weighted by atomic mass is 10.1. The topological polar surface area (TPSA) is 43.4 Å². The number of ketones is 1. The summed E-state index contributed by atoms with van der Waals surface area (Å²) in [6.45, 7) is 3.48. The van der Waals surface area contributed by atoms with E-state index in [0.717, 1.165) is 5.56 Å². The van der Waals surface area contributed by atoms with E-state index in [2.05, 4.69) is 0 Å². The van der Waals surface area contributed by atoms with Crippen LogP contribution in [0.2, 0.25) is 10.0 Å². The SMILES string of the molecule is Cc1ccc(C(=O)[C@@H](C)OC(=O)/C=C/c2ccc(Cl)cc2Cl)cc1. The average Bonchev–Trinajstić information content (AvgIpc) is 2.54. The smallest absolute Gasteiger partial charge is 0.331 e. The van der Waals surface area contributed by atoms with Crippen LogP contribution in [0.3, 0.4) is 0 Å². The van der Waals surface area contributed by atoms with E-state index in [1.54, 1.807) is 37.3 Å². The van der Waals surface area contributed by atoms with E-state index in [9.17, 15) is 9.59 Å². The summed E-state index contributed by atoms with van der Waals surface area (Å²) in [6.07, 6.45) is 1.88. The molecular weight excluding hydrogens is 347 g/mol. The second-order valence-corrected chi connectivity index (χ2v) is 6.15. The van der Waals surface area contributed by atoms with Crippen molar-refractivity contribution in [2.24, 2.45) is 0 Å². The van der Waals surface area contributed by atoms with Gasteiger partial charge < -0.3 is 4.74 Å². The summed E-state index contributed by atoms with van der Waals surface area (Å²) < 4.78 is 5.14. The maximum absolute atomic E-state index is 12.2. The minimum Gasteiger partial charge on any atom is -0.451 e. The molecule has 0 unspecified atom stereocenters. The first-order valence-electron chi connectivity index (χ1n) is 7.31. The minimum absolute atomic E-state index is 0.249. The average molecular weight is 363 g/mol. The van der Waals surface area contributed by atoms with E-state index in [0.29, 0.717) is 21.2 Å². The molecule has 0 aliphatic heterocycles. The van der Waals surface area contributed by atoms with E-state index >= 15 is 0 Å². The third-order valence-corrected chi connectivity index (χ3v) is 3.92. The number of rotatable bonds is 5. The van der Waals surface area contributed by atoms with Gasteiger partial charge >= 0.3 is 5.97 Å². The second kappa shape index (κ2) is 8.13. The number of Topliss-reactive ketones (excluding diaryl/α,β-unsaturated/α-hetero) is 1. The van der Waals surface area contributed by atoms with Crippen molar-refractivity contribution in [2.75, 3.05) is 0 Å². The third kappa shape index (κ3) is 4.95. The Hall–Kier alpha value is -2.10. The first-order valence-corrected chi connectivity index (χ1v) is 8.07. The summed E-state index contributed by atoms with van der Waals surface area (Å²) in [5.41, 5.74) is 2.19. The van der Waals surface area contributed by atoms with Gasteiger partial charge in [-0.3, -0.25) is 4.79 Å². The Kier molecular flexibility index (Phi) is 6.18. The minimum atomic E-state index is -0.870. The Morgan fingerprint density at radius 3 is 2.38 bits per heavy atom. The Morgan fingerprint density at radius 1 is 1.08 bits per heavy atom. The molecular formula is C19H16Cl2O3. The first-order chi connectivity index (χ1) is 11.4. The molecule has 0 bridgehead atoms. The molecule has 0 saturated heterocycles. The number of carbonyl (C=O) groups excluding carboxylic acids is 2. The Bertz CT molecular complexity index is 780. The molecule has 0 heterocycles. The predicted octanol–water partition coefficient (Wildman–Crippen LogP) is 5.13. The normalized spacial score (nSPS) is 12.2. The van der Waals surface area contributed by atoms with E-state index in [1.165, 1.54) is 12.2 Å². The number of carbonyl (C=O) groups is 2. The zero-order chi connectivity index (χ0) is 17.7. The summed E-state index contributed by atoms with van der Waals surface area (Å²) >= 11 is 11.8. The molecule has 3 nitrogen and oxygen atoms in total. The van der Waals surface area contributed by atoms with Crippen LogP contribution in [0.4, 0.5) is 0 Å². The van der Waals surface area contributed by atoms with Crippen LogP contribution in [0.25, 0.3) is 6.08 Å². The fourth-order valence-electron chi connectivity index (χ4n) is 2.01. The summed E-state index contributed by atoms with van der Waals surface area (Å²) in [5, 5.41) is 0.937. The van der Waals surface area contributed by atoms with Crippen molar-refractivity contribution in [3.63, 3.8) is 0 Å². The van der Waals surface area contributed by atoms with Crippen molar-refractivity contribution >= 4 is 41.0 Å². The highest BCUT2D eigenvalue weighted by Crippen LogP contribution is 2.22. The van der Waals surface area contributed by atoms with Gasteiger partial charge in [-0.2, -0.15) is 0 Å². The van der Waals surface area contributed by atoms with E-state index < -0.39 is 12.1 Å². The van der Waals surface area contributed by atoms with E-state index in [1.807, 2.05) is 19.1 Å². The first kappa shape index (κ1) is 18.2. The summed E-state index contributed by atoms with van der Waals surface area (Å²) in [6, 6.07) is 12.0. The van der Waals surface area contributed by atoms with Crippen LogP contribution >= 0.6 is 23.2 Å². The lowest BCUT2D eigenvalue weighted by Crippen LogP contribution is -2.23.